The van der Waals surface area contributed by atoms with Crippen LogP contribution in [0.5, 0.6) is 0 Å². The third-order valence-electron chi connectivity index (χ3n) is 6.06. The zero-order valence-electron chi connectivity index (χ0n) is 18.7. The quantitative estimate of drug-likeness (QED) is 0.424. The van der Waals surface area contributed by atoms with Crippen molar-refractivity contribution in [1.29, 1.82) is 0 Å². The highest BCUT2D eigenvalue weighted by Crippen LogP contribution is 2.32. The van der Waals surface area contributed by atoms with Crippen LogP contribution in [-0.2, 0) is 20.4 Å². The van der Waals surface area contributed by atoms with Crippen LogP contribution in [0, 0.1) is 0 Å². The highest BCUT2D eigenvalue weighted by Gasteiger charge is 2.49. The lowest BCUT2D eigenvalue weighted by molar-refractivity contribution is -0.137. The van der Waals surface area contributed by atoms with Gasteiger partial charge in [-0.2, -0.15) is 13.2 Å². The Morgan fingerprint density at radius 2 is 1.69 bits per heavy atom. The zero-order chi connectivity index (χ0) is 25.3. The molecule has 0 saturated carbocycles. The molecular weight excluding hydrogens is 495 g/mol. The molecule has 0 aliphatic carbocycles. The molecule has 2 heterocycles. The number of alkyl halides is 3. The van der Waals surface area contributed by atoms with E-state index in [1.165, 1.54) is 12.1 Å². The van der Waals surface area contributed by atoms with E-state index >= 15 is 0 Å². The summed E-state index contributed by atoms with van der Waals surface area (Å²) in [5.41, 5.74) is -0.0337. The lowest BCUT2D eigenvalue weighted by Crippen LogP contribution is -2.46. The summed E-state index contributed by atoms with van der Waals surface area (Å²) in [5, 5.41) is 11.3. The number of benzene rings is 3. The summed E-state index contributed by atoms with van der Waals surface area (Å²) in [4.78, 5) is 12.3. The second-order valence-corrected chi connectivity index (χ2v) is 8.88. The molecule has 0 spiro atoms. The van der Waals surface area contributed by atoms with E-state index in [0.29, 0.717) is 5.11 Å². The molecular formula is C25H22F3N3O4S. The molecule has 1 amide bonds. The Kier molecular flexibility index (Phi) is 6.69. The van der Waals surface area contributed by atoms with Crippen LogP contribution < -0.4 is 16.0 Å². The van der Waals surface area contributed by atoms with Crippen LogP contribution in [0.4, 0.5) is 29.3 Å². The largest absolute Gasteiger partial charge is 0.441 e. The third-order valence-corrected chi connectivity index (χ3v) is 6.28. The number of carbonyl (C=O) groups is 1. The Morgan fingerprint density at radius 1 is 0.944 bits per heavy atom. The van der Waals surface area contributed by atoms with E-state index in [9.17, 15) is 18.0 Å². The maximum atomic E-state index is 12.9. The van der Waals surface area contributed by atoms with Crippen molar-refractivity contribution in [3.8, 4) is 0 Å². The normalized spacial score (nSPS) is 23.2. The van der Waals surface area contributed by atoms with Gasteiger partial charge in [-0.25, -0.2) is 4.79 Å². The number of fused-ring (bicyclic) bond motifs is 2. The van der Waals surface area contributed by atoms with Crippen molar-refractivity contribution >= 4 is 45.6 Å². The van der Waals surface area contributed by atoms with Crippen molar-refractivity contribution in [2.45, 2.75) is 30.5 Å². The van der Waals surface area contributed by atoms with Gasteiger partial charge in [0.25, 0.3) is 0 Å². The van der Waals surface area contributed by atoms with Gasteiger partial charge in [0, 0.05) is 16.8 Å². The molecule has 0 unspecified atom stereocenters. The van der Waals surface area contributed by atoms with Gasteiger partial charge in [0.2, 0.25) is 0 Å². The van der Waals surface area contributed by atoms with Crippen LogP contribution >= 0.6 is 12.2 Å². The monoisotopic (exact) mass is 517 g/mol. The molecule has 11 heteroatoms. The van der Waals surface area contributed by atoms with Gasteiger partial charge in [-0.3, -0.25) is 5.32 Å². The van der Waals surface area contributed by atoms with E-state index in [2.05, 4.69) is 16.0 Å². The molecule has 4 atom stereocenters. The van der Waals surface area contributed by atoms with Gasteiger partial charge in [0.15, 0.2) is 11.2 Å². The number of ether oxygens (including phenoxy) is 3. The predicted molar refractivity (Wildman–Crippen MR) is 132 cm³/mol. The van der Waals surface area contributed by atoms with E-state index in [4.69, 9.17) is 26.4 Å². The average Bonchev–Trinajstić information content (AvgIpc) is 3.42. The first-order valence-electron chi connectivity index (χ1n) is 11.2. The maximum absolute atomic E-state index is 12.9. The lowest BCUT2D eigenvalue weighted by Gasteiger charge is -2.20. The Bertz CT molecular complexity index is 1280. The highest BCUT2D eigenvalue weighted by atomic mass is 32.1. The van der Waals surface area contributed by atoms with Crippen molar-refractivity contribution in [2.24, 2.45) is 0 Å². The summed E-state index contributed by atoms with van der Waals surface area (Å²) in [7, 11) is 0. The van der Waals surface area contributed by atoms with Crippen LogP contribution in [0.15, 0.2) is 66.7 Å². The van der Waals surface area contributed by atoms with E-state index in [-0.39, 0.29) is 24.9 Å². The van der Waals surface area contributed by atoms with Gasteiger partial charge in [0.1, 0.15) is 12.2 Å². The molecule has 0 bridgehead atoms. The van der Waals surface area contributed by atoms with Crippen molar-refractivity contribution in [3.63, 3.8) is 0 Å². The minimum atomic E-state index is -4.52. The lowest BCUT2D eigenvalue weighted by atomic mass is 10.1. The molecule has 3 N–H and O–H groups in total. The standard InChI is InChI=1S/C25H22F3N3O4S/c26-25(27,28)15-7-4-8-16(11-15)29-24(32)35-20-13-34-21-19(12-33-22(20)21)31-23(36)30-18-10-3-6-14-5-1-2-9-17(14)18/h1-11,19-22H,12-13H2,(H,29,32)(H2,30,31,36)/t19-,20-,21-,22+/m1/s1. The smallest absolute Gasteiger partial charge is 0.416 e. The molecule has 2 aliphatic heterocycles. The van der Waals surface area contributed by atoms with E-state index in [0.717, 1.165) is 28.6 Å². The molecule has 7 nitrogen and oxygen atoms in total. The topological polar surface area (TPSA) is 80.9 Å². The second-order valence-electron chi connectivity index (χ2n) is 8.47. The van der Waals surface area contributed by atoms with E-state index in [1.807, 2.05) is 42.5 Å². The first-order valence-corrected chi connectivity index (χ1v) is 11.6. The zero-order valence-corrected chi connectivity index (χ0v) is 19.6. The first kappa shape index (κ1) is 24.3. The molecule has 2 aliphatic rings. The third kappa shape index (κ3) is 5.23. The van der Waals surface area contributed by atoms with Gasteiger partial charge < -0.3 is 24.8 Å². The number of nitrogens with one attached hydrogen (secondary N) is 3. The average molecular weight is 518 g/mol. The van der Waals surface area contributed by atoms with Gasteiger partial charge in [0.05, 0.1) is 24.8 Å². The van der Waals surface area contributed by atoms with Gasteiger partial charge in [-0.15, -0.1) is 0 Å². The summed E-state index contributed by atoms with van der Waals surface area (Å²) in [6.07, 6.45) is -7.07. The SMILES string of the molecule is O=C(Nc1cccc(C(F)(F)F)c1)O[C@@H]1CO[C@H]2[C@H]1OC[C@H]2NC(=S)Nc1cccc2ccccc12. The number of halogens is 3. The van der Waals surface area contributed by atoms with Crippen molar-refractivity contribution < 1.29 is 32.2 Å². The van der Waals surface area contributed by atoms with Crippen molar-refractivity contribution in [3.05, 3.63) is 72.3 Å². The minimum Gasteiger partial charge on any atom is -0.441 e. The summed E-state index contributed by atoms with van der Waals surface area (Å²) in [5.74, 6) is 0. The number of rotatable bonds is 4. The highest BCUT2D eigenvalue weighted by molar-refractivity contribution is 7.80. The van der Waals surface area contributed by atoms with Crippen molar-refractivity contribution in [2.75, 3.05) is 23.8 Å². The molecule has 0 radical (unpaired) electrons. The fourth-order valence-corrected chi connectivity index (χ4v) is 4.67. The van der Waals surface area contributed by atoms with E-state index in [1.54, 1.807) is 0 Å². The van der Waals surface area contributed by atoms with Gasteiger partial charge in [-0.05, 0) is 41.9 Å². The van der Waals surface area contributed by atoms with Crippen LogP contribution in [0.2, 0.25) is 0 Å². The molecule has 3 aromatic rings. The molecule has 5 rings (SSSR count). The summed E-state index contributed by atoms with van der Waals surface area (Å²) in [6, 6.07) is 17.9. The summed E-state index contributed by atoms with van der Waals surface area (Å²) >= 11 is 5.50. The number of anilines is 2. The first-order chi connectivity index (χ1) is 17.3. The van der Waals surface area contributed by atoms with Crippen molar-refractivity contribution in [1.82, 2.24) is 5.32 Å². The minimum absolute atomic E-state index is 0.0259. The number of thiocarbonyl (C=S) groups is 1. The molecule has 0 aromatic heterocycles. The number of hydrogen-bond acceptors (Lipinski definition) is 5. The summed E-state index contributed by atoms with van der Waals surface area (Å²) < 4.78 is 55.7. The number of carbonyl (C=O) groups excluding carboxylic acids is 1. The van der Waals surface area contributed by atoms with Gasteiger partial charge >= 0.3 is 12.3 Å². The van der Waals surface area contributed by atoms with Crippen LogP contribution in [0.25, 0.3) is 10.8 Å². The molecule has 3 aromatic carbocycles. The Balaban J connectivity index is 1.16. The Labute approximate surface area is 209 Å². The van der Waals surface area contributed by atoms with Crippen LogP contribution in [0.1, 0.15) is 5.56 Å². The number of hydrogen-bond donors (Lipinski definition) is 3. The molecule has 188 valence electrons. The predicted octanol–water partition coefficient (Wildman–Crippen LogP) is 4.93. The van der Waals surface area contributed by atoms with Gasteiger partial charge in [-0.1, -0.05) is 42.5 Å². The molecule has 36 heavy (non-hydrogen) atoms. The molecule has 2 fully saturated rings. The van der Waals surface area contributed by atoms with Crippen LogP contribution in [0.3, 0.4) is 0 Å². The number of amides is 1. The summed E-state index contributed by atoms with van der Waals surface area (Å²) in [6.45, 7) is 0.370. The maximum Gasteiger partial charge on any atom is 0.416 e. The fraction of sp³-hybridized carbons (Fsp3) is 0.280. The Hall–Kier alpha value is -3.41. The second kappa shape index (κ2) is 9.92. The fourth-order valence-electron chi connectivity index (χ4n) is 4.41. The van der Waals surface area contributed by atoms with Crippen LogP contribution in [-0.4, -0.2) is 48.8 Å². The molecule has 2 saturated heterocycles. The van der Waals surface area contributed by atoms with E-state index < -0.39 is 36.1 Å². The Morgan fingerprint density at radius 3 is 2.53 bits per heavy atom.